The summed E-state index contributed by atoms with van der Waals surface area (Å²) < 4.78 is 15.5. The molecule has 0 radical (unpaired) electrons. The smallest absolute Gasteiger partial charge is 0.125 e. The standard InChI is InChI=1S/C17H18FN3/c1-3-17-20-15-11-12(18)5-10-16(15)21(17)14-8-6-13(7-9-14)19-4-2/h5-11,19H,3-4H2,1-2H3. The maximum atomic E-state index is 13.4. The van der Waals surface area contributed by atoms with Crippen LogP contribution in [0.1, 0.15) is 19.7 Å². The van der Waals surface area contributed by atoms with Gasteiger partial charge in [0, 0.05) is 30.4 Å². The van der Waals surface area contributed by atoms with E-state index in [4.69, 9.17) is 0 Å². The van der Waals surface area contributed by atoms with Crippen LogP contribution in [0.2, 0.25) is 0 Å². The van der Waals surface area contributed by atoms with E-state index in [0.717, 1.165) is 35.7 Å². The Hall–Kier alpha value is -2.36. The van der Waals surface area contributed by atoms with E-state index in [2.05, 4.69) is 40.8 Å². The number of rotatable bonds is 4. The third-order valence-electron chi connectivity index (χ3n) is 3.51. The number of fused-ring (bicyclic) bond motifs is 1. The fourth-order valence-corrected chi connectivity index (χ4v) is 2.56. The van der Waals surface area contributed by atoms with Crippen molar-refractivity contribution in [2.24, 2.45) is 0 Å². The van der Waals surface area contributed by atoms with Crippen molar-refractivity contribution in [1.82, 2.24) is 9.55 Å². The summed E-state index contributed by atoms with van der Waals surface area (Å²) in [4.78, 5) is 4.53. The predicted molar refractivity (Wildman–Crippen MR) is 84.6 cm³/mol. The molecule has 0 bridgehead atoms. The highest BCUT2D eigenvalue weighted by Crippen LogP contribution is 2.23. The van der Waals surface area contributed by atoms with Crippen molar-refractivity contribution in [2.75, 3.05) is 11.9 Å². The van der Waals surface area contributed by atoms with Gasteiger partial charge >= 0.3 is 0 Å². The number of hydrogen-bond acceptors (Lipinski definition) is 2. The van der Waals surface area contributed by atoms with Crippen molar-refractivity contribution in [1.29, 1.82) is 0 Å². The molecular formula is C17H18FN3. The summed E-state index contributed by atoms with van der Waals surface area (Å²) in [6.07, 6.45) is 0.797. The molecule has 0 unspecified atom stereocenters. The lowest BCUT2D eigenvalue weighted by atomic mass is 10.2. The molecule has 108 valence electrons. The fraction of sp³-hybridized carbons (Fsp3) is 0.235. The lowest BCUT2D eigenvalue weighted by molar-refractivity contribution is 0.629. The Morgan fingerprint density at radius 1 is 1.10 bits per heavy atom. The van der Waals surface area contributed by atoms with E-state index >= 15 is 0 Å². The minimum absolute atomic E-state index is 0.253. The largest absolute Gasteiger partial charge is 0.385 e. The maximum absolute atomic E-state index is 13.4. The molecular weight excluding hydrogens is 265 g/mol. The van der Waals surface area contributed by atoms with E-state index in [1.165, 1.54) is 12.1 Å². The van der Waals surface area contributed by atoms with Gasteiger partial charge in [0.05, 0.1) is 11.0 Å². The molecule has 0 aliphatic rings. The van der Waals surface area contributed by atoms with Gasteiger partial charge in [0.25, 0.3) is 0 Å². The zero-order chi connectivity index (χ0) is 14.8. The summed E-state index contributed by atoms with van der Waals surface area (Å²) in [5, 5.41) is 3.28. The van der Waals surface area contributed by atoms with Crippen LogP contribution in [0.4, 0.5) is 10.1 Å². The number of anilines is 1. The van der Waals surface area contributed by atoms with E-state index < -0.39 is 0 Å². The first-order valence-corrected chi connectivity index (χ1v) is 7.24. The first-order chi connectivity index (χ1) is 10.2. The van der Waals surface area contributed by atoms with Crippen LogP contribution in [-0.2, 0) is 6.42 Å². The van der Waals surface area contributed by atoms with Crippen LogP contribution in [0.3, 0.4) is 0 Å². The molecule has 3 nitrogen and oxygen atoms in total. The number of halogens is 1. The van der Waals surface area contributed by atoms with Crippen LogP contribution in [0.5, 0.6) is 0 Å². The first kappa shape index (κ1) is 13.6. The Kier molecular flexibility index (Phi) is 3.60. The lowest BCUT2D eigenvalue weighted by Gasteiger charge is -2.10. The van der Waals surface area contributed by atoms with Crippen molar-refractivity contribution in [3.05, 3.63) is 54.1 Å². The first-order valence-electron chi connectivity index (χ1n) is 7.24. The van der Waals surface area contributed by atoms with Crippen molar-refractivity contribution in [2.45, 2.75) is 20.3 Å². The topological polar surface area (TPSA) is 29.9 Å². The van der Waals surface area contributed by atoms with E-state index in [9.17, 15) is 4.39 Å². The third-order valence-corrected chi connectivity index (χ3v) is 3.51. The number of aromatic nitrogens is 2. The van der Waals surface area contributed by atoms with Gasteiger partial charge < -0.3 is 5.32 Å². The quantitative estimate of drug-likeness (QED) is 0.779. The van der Waals surface area contributed by atoms with Crippen LogP contribution in [0.25, 0.3) is 16.7 Å². The van der Waals surface area contributed by atoms with Crippen molar-refractivity contribution >= 4 is 16.7 Å². The zero-order valence-electron chi connectivity index (χ0n) is 12.2. The van der Waals surface area contributed by atoms with Crippen LogP contribution < -0.4 is 5.32 Å². The molecule has 0 aliphatic heterocycles. The molecule has 0 fully saturated rings. The van der Waals surface area contributed by atoms with Gasteiger partial charge in [-0.05, 0) is 43.3 Å². The van der Waals surface area contributed by atoms with Crippen molar-refractivity contribution < 1.29 is 4.39 Å². The molecule has 0 saturated carbocycles. The minimum Gasteiger partial charge on any atom is -0.385 e. The molecule has 3 aromatic rings. The second-order valence-corrected chi connectivity index (χ2v) is 4.93. The van der Waals surface area contributed by atoms with Crippen molar-refractivity contribution in [3.63, 3.8) is 0 Å². The molecule has 0 amide bonds. The van der Waals surface area contributed by atoms with Gasteiger partial charge in [-0.1, -0.05) is 6.92 Å². The summed E-state index contributed by atoms with van der Waals surface area (Å²) >= 11 is 0. The van der Waals surface area contributed by atoms with Gasteiger partial charge in [-0.15, -0.1) is 0 Å². The number of nitrogens with one attached hydrogen (secondary N) is 1. The van der Waals surface area contributed by atoms with Gasteiger partial charge in [-0.25, -0.2) is 9.37 Å². The van der Waals surface area contributed by atoms with E-state index in [1.807, 2.05) is 12.1 Å². The lowest BCUT2D eigenvalue weighted by Crippen LogP contribution is -2.01. The fourth-order valence-electron chi connectivity index (χ4n) is 2.56. The number of hydrogen-bond donors (Lipinski definition) is 1. The van der Waals surface area contributed by atoms with Gasteiger partial charge in [0.2, 0.25) is 0 Å². The number of nitrogens with zero attached hydrogens (tertiary/aromatic N) is 2. The molecule has 1 heterocycles. The van der Waals surface area contributed by atoms with E-state index in [-0.39, 0.29) is 5.82 Å². The second-order valence-electron chi connectivity index (χ2n) is 4.93. The zero-order valence-corrected chi connectivity index (χ0v) is 12.2. The van der Waals surface area contributed by atoms with Crippen molar-refractivity contribution in [3.8, 4) is 5.69 Å². The second kappa shape index (κ2) is 5.56. The number of imidazole rings is 1. The van der Waals surface area contributed by atoms with Crippen LogP contribution >= 0.6 is 0 Å². The molecule has 1 aromatic heterocycles. The minimum atomic E-state index is -0.253. The molecule has 3 rings (SSSR count). The Morgan fingerprint density at radius 3 is 2.52 bits per heavy atom. The average Bonchev–Trinajstić information content (AvgIpc) is 2.86. The Labute approximate surface area is 123 Å². The number of benzene rings is 2. The number of aryl methyl sites for hydroxylation is 1. The molecule has 0 atom stereocenters. The third kappa shape index (κ3) is 2.49. The predicted octanol–water partition coefficient (Wildman–Crippen LogP) is 4.16. The average molecular weight is 283 g/mol. The SMILES string of the molecule is CCNc1ccc(-n2c(CC)nc3cc(F)ccc32)cc1. The summed E-state index contributed by atoms with van der Waals surface area (Å²) in [6, 6.07) is 13.0. The monoisotopic (exact) mass is 283 g/mol. The van der Waals surface area contributed by atoms with Crippen LogP contribution in [0, 0.1) is 5.82 Å². The molecule has 21 heavy (non-hydrogen) atoms. The van der Waals surface area contributed by atoms with Gasteiger partial charge in [0.1, 0.15) is 11.6 Å². The van der Waals surface area contributed by atoms with Crippen LogP contribution in [0.15, 0.2) is 42.5 Å². The van der Waals surface area contributed by atoms with Gasteiger partial charge in [-0.3, -0.25) is 4.57 Å². The Bertz CT molecular complexity index is 760. The highest BCUT2D eigenvalue weighted by atomic mass is 19.1. The van der Waals surface area contributed by atoms with Gasteiger partial charge in [-0.2, -0.15) is 0 Å². The molecule has 0 spiro atoms. The molecule has 0 aliphatic carbocycles. The summed E-state index contributed by atoms with van der Waals surface area (Å²) in [7, 11) is 0. The summed E-state index contributed by atoms with van der Waals surface area (Å²) in [6.45, 7) is 5.02. The summed E-state index contributed by atoms with van der Waals surface area (Å²) in [5.74, 6) is 0.684. The molecule has 4 heteroatoms. The Balaban J connectivity index is 2.13. The summed E-state index contributed by atoms with van der Waals surface area (Å²) in [5.41, 5.74) is 3.77. The van der Waals surface area contributed by atoms with E-state index in [0.29, 0.717) is 5.52 Å². The molecule has 2 aromatic carbocycles. The normalized spacial score (nSPS) is 11.0. The van der Waals surface area contributed by atoms with Gasteiger partial charge in [0.15, 0.2) is 0 Å². The molecule has 0 saturated heterocycles. The highest BCUT2D eigenvalue weighted by Gasteiger charge is 2.11. The van der Waals surface area contributed by atoms with Crippen LogP contribution in [-0.4, -0.2) is 16.1 Å². The molecule has 1 N–H and O–H groups in total. The maximum Gasteiger partial charge on any atom is 0.125 e. The Morgan fingerprint density at radius 2 is 1.86 bits per heavy atom. The van der Waals surface area contributed by atoms with E-state index in [1.54, 1.807) is 6.07 Å². The highest BCUT2D eigenvalue weighted by molar-refractivity contribution is 5.78.